The van der Waals surface area contributed by atoms with Gasteiger partial charge >= 0.3 is 0 Å². The Hall–Kier alpha value is -2.35. The molecule has 1 aromatic heterocycles. The van der Waals surface area contributed by atoms with Crippen molar-refractivity contribution in [1.82, 2.24) is 9.88 Å². The van der Waals surface area contributed by atoms with Crippen LogP contribution in [0.15, 0.2) is 30.3 Å². The Labute approximate surface area is 219 Å². The van der Waals surface area contributed by atoms with Gasteiger partial charge in [0.25, 0.3) is 0 Å². The molecule has 0 aliphatic carbocycles. The molecule has 2 saturated heterocycles. The Morgan fingerprint density at radius 1 is 1.22 bits per heavy atom. The molecule has 5 rings (SSSR count). The number of unbranched alkanes of at least 4 members (excludes halogenated alkanes) is 2. The molecule has 7 heteroatoms. The Morgan fingerprint density at radius 3 is 2.97 bits per heavy atom. The number of nitrogens with one attached hydrogen (secondary N) is 1. The summed E-state index contributed by atoms with van der Waals surface area (Å²) in [6.07, 6.45) is 9.37. The number of carbonyl (C=O) groups excluding carboxylic acids is 1. The van der Waals surface area contributed by atoms with Gasteiger partial charge in [-0.15, -0.1) is 0 Å². The van der Waals surface area contributed by atoms with Crippen molar-refractivity contribution >= 4 is 11.6 Å². The molecule has 0 unspecified atom stereocenters. The third-order valence-corrected chi connectivity index (χ3v) is 7.93. The number of halogens is 1. The topological polar surface area (TPSA) is 63.7 Å². The summed E-state index contributed by atoms with van der Waals surface area (Å²) in [7, 11) is 0. The van der Waals surface area contributed by atoms with E-state index in [-0.39, 0.29) is 23.8 Å². The number of benzene rings is 1. The number of nitrogens with zero attached hydrogens (tertiary/aromatic N) is 2. The van der Waals surface area contributed by atoms with Crippen LogP contribution < -0.4 is 5.32 Å². The minimum Gasteiger partial charge on any atom is -0.377 e. The zero-order valence-corrected chi connectivity index (χ0v) is 22.0. The molecular weight excluding hydrogens is 469 g/mol. The van der Waals surface area contributed by atoms with Crippen LogP contribution in [0.4, 0.5) is 10.2 Å². The number of rotatable bonds is 11. The van der Waals surface area contributed by atoms with E-state index in [0.29, 0.717) is 13.2 Å². The fourth-order valence-electron chi connectivity index (χ4n) is 6.04. The van der Waals surface area contributed by atoms with Crippen molar-refractivity contribution in [2.75, 3.05) is 38.2 Å². The SMILES string of the molecule is CC(=O)[C@@H](c1cc(F)ccc1[C@H]1CCCO1)N1CC[C@@H](OCCCCCc2ccc3c(n2)NCCC3)C1. The number of anilines is 1. The largest absolute Gasteiger partial charge is 0.377 e. The number of aryl methyl sites for hydroxylation is 2. The van der Waals surface area contributed by atoms with Crippen LogP contribution in [-0.4, -0.2) is 54.6 Å². The zero-order valence-electron chi connectivity index (χ0n) is 22.0. The second-order valence-electron chi connectivity index (χ2n) is 10.7. The van der Waals surface area contributed by atoms with E-state index in [1.807, 2.05) is 0 Å². The molecule has 0 spiro atoms. The van der Waals surface area contributed by atoms with Gasteiger partial charge in [-0.05, 0) is 93.2 Å². The fraction of sp³-hybridized carbons (Fsp3) is 0.600. The molecule has 2 aromatic rings. The third kappa shape index (κ3) is 6.57. The molecule has 0 bridgehead atoms. The van der Waals surface area contributed by atoms with E-state index < -0.39 is 6.04 Å². The summed E-state index contributed by atoms with van der Waals surface area (Å²) in [6.45, 7) is 5.53. The monoisotopic (exact) mass is 509 g/mol. The van der Waals surface area contributed by atoms with Gasteiger partial charge in [-0.3, -0.25) is 9.69 Å². The van der Waals surface area contributed by atoms with Crippen molar-refractivity contribution < 1.29 is 18.7 Å². The van der Waals surface area contributed by atoms with Crippen LogP contribution in [0, 0.1) is 5.82 Å². The predicted molar refractivity (Wildman–Crippen MR) is 142 cm³/mol. The van der Waals surface area contributed by atoms with E-state index >= 15 is 0 Å². The van der Waals surface area contributed by atoms with Crippen LogP contribution in [0.2, 0.25) is 0 Å². The summed E-state index contributed by atoms with van der Waals surface area (Å²) >= 11 is 0. The summed E-state index contributed by atoms with van der Waals surface area (Å²) in [5.74, 6) is 0.802. The fourth-order valence-corrected chi connectivity index (χ4v) is 6.04. The standard InChI is InChI=1S/C30H40FN3O3/c1-21(35)29(27-19-23(31)11-13-26(27)28-9-6-18-37-28)34-16-14-25(20-34)36-17-4-2-3-8-24-12-10-22-7-5-15-32-30(22)33-24/h10-13,19,25,28-29H,2-9,14-18,20H2,1H3,(H,32,33)/t25-,28-,29+/m1/s1. The molecule has 0 radical (unpaired) electrons. The van der Waals surface area contributed by atoms with Crippen molar-refractivity contribution in [1.29, 1.82) is 0 Å². The predicted octanol–water partition coefficient (Wildman–Crippen LogP) is 5.56. The summed E-state index contributed by atoms with van der Waals surface area (Å²) in [6, 6.07) is 8.75. The number of fused-ring (bicyclic) bond motifs is 1. The lowest BCUT2D eigenvalue weighted by atomic mass is 9.92. The van der Waals surface area contributed by atoms with Crippen molar-refractivity contribution in [2.45, 2.75) is 83.0 Å². The van der Waals surface area contributed by atoms with Gasteiger partial charge in [0.15, 0.2) is 5.78 Å². The van der Waals surface area contributed by atoms with Crippen molar-refractivity contribution in [2.24, 2.45) is 0 Å². The number of Topliss-reactive ketones (excluding diaryl/α,β-unsaturated/α-hetero) is 1. The van der Waals surface area contributed by atoms with Gasteiger partial charge in [0, 0.05) is 38.5 Å². The van der Waals surface area contributed by atoms with Gasteiger partial charge in [-0.2, -0.15) is 0 Å². The molecule has 0 saturated carbocycles. The number of carbonyl (C=O) groups is 1. The highest BCUT2D eigenvalue weighted by Crippen LogP contribution is 2.37. The highest BCUT2D eigenvalue weighted by Gasteiger charge is 2.35. The van der Waals surface area contributed by atoms with Gasteiger partial charge in [0.1, 0.15) is 11.6 Å². The first-order valence-corrected chi connectivity index (χ1v) is 14.1. The highest BCUT2D eigenvalue weighted by molar-refractivity contribution is 5.83. The Bertz CT molecular complexity index is 1070. The number of aromatic nitrogens is 1. The molecule has 37 heavy (non-hydrogen) atoms. The number of hydrogen-bond acceptors (Lipinski definition) is 6. The van der Waals surface area contributed by atoms with E-state index in [9.17, 15) is 9.18 Å². The van der Waals surface area contributed by atoms with Crippen LogP contribution in [-0.2, 0) is 27.1 Å². The second-order valence-corrected chi connectivity index (χ2v) is 10.7. The van der Waals surface area contributed by atoms with Crippen molar-refractivity contribution in [3.63, 3.8) is 0 Å². The average Bonchev–Trinajstić information content (AvgIpc) is 3.59. The van der Waals surface area contributed by atoms with Crippen molar-refractivity contribution in [3.05, 3.63) is 58.5 Å². The van der Waals surface area contributed by atoms with Crippen LogP contribution in [0.25, 0.3) is 0 Å². The van der Waals surface area contributed by atoms with Crippen molar-refractivity contribution in [3.8, 4) is 0 Å². The van der Waals surface area contributed by atoms with E-state index in [4.69, 9.17) is 14.5 Å². The van der Waals surface area contributed by atoms with E-state index in [2.05, 4.69) is 22.3 Å². The van der Waals surface area contributed by atoms with E-state index in [1.165, 1.54) is 24.1 Å². The normalized spacial score (nSPS) is 22.5. The van der Waals surface area contributed by atoms with Crippen LogP contribution >= 0.6 is 0 Å². The maximum Gasteiger partial charge on any atom is 0.151 e. The van der Waals surface area contributed by atoms with Crippen LogP contribution in [0.3, 0.4) is 0 Å². The van der Waals surface area contributed by atoms with Gasteiger partial charge in [-0.1, -0.05) is 18.6 Å². The maximum absolute atomic E-state index is 14.3. The molecule has 200 valence electrons. The Kier molecular flexibility index (Phi) is 8.85. The lowest BCUT2D eigenvalue weighted by molar-refractivity contribution is -0.122. The number of pyridine rings is 1. The van der Waals surface area contributed by atoms with E-state index in [0.717, 1.165) is 93.7 Å². The van der Waals surface area contributed by atoms with Crippen LogP contribution in [0.5, 0.6) is 0 Å². The van der Waals surface area contributed by atoms with E-state index in [1.54, 1.807) is 13.0 Å². The zero-order chi connectivity index (χ0) is 25.6. The first-order valence-electron chi connectivity index (χ1n) is 14.1. The molecule has 6 nitrogen and oxygen atoms in total. The number of likely N-dealkylation sites (tertiary alicyclic amines) is 1. The lowest BCUT2D eigenvalue weighted by Gasteiger charge is -2.29. The molecule has 4 heterocycles. The van der Waals surface area contributed by atoms with Gasteiger partial charge < -0.3 is 14.8 Å². The molecule has 2 fully saturated rings. The smallest absolute Gasteiger partial charge is 0.151 e. The summed E-state index contributed by atoms with van der Waals surface area (Å²) in [5, 5.41) is 3.41. The lowest BCUT2D eigenvalue weighted by Crippen LogP contribution is -2.33. The maximum atomic E-state index is 14.3. The second kappa shape index (κ2) is 12.5. The Morgan fingerprint density at radius 2 is 2.14 bits per heavy atom. The van der Waals surface area contributed by atoms with Gasteiger partial charge in [-0.25, -0.2) is 9.37 Å². The summed E-state index contributed by atoms with van der Waals surface area (Å²) < 4.78 is 26.4. The molecule has 3 aliphatic heterocycles. The number of hydrogen-bond donors (Lipinski definition) is 1. The molecule has 1 N–H and O–H groups in total. The molecule has 1 aromatic carbocycles. The molecule has 3 aliphatic rings. The van der Waals surface area contributed by atoms with Gasteiger partial charge in [0.05, 0.1) is 18.2 Å². The quantitative estimate of drug-likeness (QED) is 0.400. The third-order valence-electron chi connectivity index (χ3n) is 7.93. The molecule has 0 amide bonds. The number of ether oxygens (including phenoxy) is 2. The minimum atomic E-state index is -0.456. The molecule has 3 atom stereocenters. The first kappa shape index (κ1) is 26.3. The summed E-state index contributed by atoms with van der Waals surface area (Å²) in [4.78, 5) is 19.7. The average molecular weight is 510 g/mol. The number of ketones is 1. The summed E-state index contributed by atoms with van der Waals surface area (Å²) in [5.41, 5.74) is 4.20. The minimum absolute atomic E-state index is 0.0384. The van der Waals surface area contributed by atoms with Crippen LogP contribution in [0.1, 0.15) is 86.4 Å². The first-order chi connectivity index (χ1) is 18.1. The highest BCUT2D eigenvalue weighted by atomic mass is 19.1. The van der Waals surface area contributed by atoms with Gasteiger partial charge in [0.2, 0.25) is 0 Å². The Balaban J connectivity index is 1.08. The molecular formula is C30H40FN3O3.